The molecule has 0 aliphatic heterocycles. The maximum atomic E-state index is 12.8. The molecule has 0 aromatic rings. The Morgan fingerprint density at radius 1 is 1.17 bits per heavy atom. The summed E-state index contributed by atoms with van der Waals surface area (Å²) < 4.78 is 0. The van der Waals surface area contributed by atoms with E-state index in [0.29, 0.717) is 12.8 Å². The van der Waals surface area contributed by atoms with Gasteiger partial charge in [0.2, 0.25) is 0 Å². The second-order valence-corrected chi connectivity index (χ2v) is 7.22. The second-order valence-electron chi connectivity index (χ2n) is 7.22. The summed E-state index contributed by atoms with van der Waals surface area (Å²) in [6.07, 6.45) is 5.72. The van der Waals surface area contributed by atoms with Crippen LogP contribution in [0.5, 0.6) is 0 Å². The van der Waals surface area contributed by atoms with Gasteiger partial charge in [-0.15, -0.1) is 0 Å². The fourth-order valence-corrected chi connectivity index (χ4v) is 5.97. The smallest absolute Gasteiger partial charge is 0.166 e. The van der Waals surface area contributed by atoms with Crippen LogP contribution in [0, 0.1) is 22.7 Å². The number of hydrogen-bond acceptors (Lipinski definition) is 3. The molecule has 0 amide bonds. The van der Waals surface area contributed by atoms with E-state index in [4.69, 9.17) is 0 Å². The minimum Gasteiger partial charge on any atom is -0.381 e. The van der Waals surface area contributed by atoms with Gasteiger partial charge in [-0.25, -0.2) is 0 Å². The summed E-state index contributed by atoms with van der Waals surface area (Å²) in [5, 5.41) is 10.7. The van der Waals surface area contributed by atoms with Crippen LogP contribution in [0.15, 0.2) is 0 Å². The van der Waals surface area contributed by atoms with Gasteiger partial charge in [0.15, 0.2) is 5.78 Å². The summed E-state index contributed by atoms with van der Waals surface area (Å²) in [5.41, 5.74) is -1.73. The van der Waals surface area contributed by atoms with Crippen LogP contribution in [0.25, 0.3) is 0 Å². The molecule has 1 N–H and O–H groups in total. The first kappa shape index (κ1) is 11.2. The van der Waals surface area contributed by atoms with Crippen LogP contribution in [0.4, 0.5) is 0 Å². The summed E-state index contributed by atoms with van der Waals surface area (Å²) in [5.74, 6) is 0.0622. The molecule has 1 spiro atoms. The first-order chi connectivity index (χ1) is 8.46. The van der Waals surface area contributed by atoms with E-state index in [2.05, 4.69) is 6.92 Å². The Balaban J connectivity index is 1.97. The Morgan fingerprint density at radius 2 is 1.94 bits per heavy atom. The maximum Gasteiger partial charge on any atom is 0.166 e. The van der Waals surface area contributed by atoms with Crippen molar-refractivity contribution < 1.29 is 14.7 Å². The largest absolute Gasteiger partial charge is 0.381 e. The third-order valence-corrected chi connectivity index (χ3v) is 6.90. The molecule has 5 atom stereocenters. The third kappa shape index (κ3) is 0.860. The molecule has 4 saturated carbocycles. The Morgan fingerprint density at radius 3 is 2.72 bits per heavy atom. The van der Waals surface area contributed by atoms with E-state index in [1.165, 1.54) is 0 Å². The first-order valence-corrected chi connectivity index (χ1v) is 7.26. The highest BCUT2D eigenvalue weighted by molar-refractivity contribution is 6.06. The standard InChI is InChI=1S/C15H20O3/c1-13-5-3-6-14(13)8-10(16)15(18)7-2-4-9(13)11(15)12(14)17/h9,11,18H,2-8H2,1H3. The van der Waals surface area contributed by atoms with Gasteiger partial charge < -0.3 is 5.11 Å². The first-order valence-electron chi connectivity index (χ1n) is 7.26. The van der Waals surface area contributed by atoms with E-state index >= 15 is 0 Å². The van der Waals surface area contributed by atoms with Gasteiger partial charge in [0, 0.05) is 11.8 Å². The summed E-state index contributed by atoms with van der Waals surface area (Å²) >= 11 is 0. The monoisotopic (exact) mass is 248 g/mol. The molecule has 4 aliphatic rings. The van der Waals surface area contributed by atoms with Crippen molar-refractivity contribution in [3.63, 3.8) is 0 Å². The zero-order valence-corrected chi connectivity index (χ0v) is 10.9. The molecule has 3 nitrogen and oxygen atoms in total. The molecular formula is C15H20O3. The average molecular weight is 248 g/mol. The van der Waals surface area contributed by atoms with E-state index in [1.54, 1.807) is 0 Å². The van der Waals surface area contributed by atoms with Gasteiger partial charge in [0.25, 0.3) is 0 Å². The molecule has 98 valence electrons. The summed E-state index contributed by atoms with van der Waals surface area (Å²) in [6.45, 7) is 2.22. The second kappa shape index (κ2) is 2.90. The third-order valence-electron chi connectivity index (χ3n) is 6.90. The SMILES string of the molecule is CC12CCCC13CC(=O)C1(O)CCCC2C1C3=O. The fraction of sp³-hybridized carbons (Fsp3) is 0.867. The van der Waals surface area contributed by atoms with Crippen LogP contribution in [0.3, 0.4) is 0 Å². The highest BCUT2D eigenvalue weighted by Crippen LogP contribution is 2.73. The lowest BCUT2D eigenvalue weighted by Gasteiger charge is -2.43. The van der Waals surface area contributed by atoms with Crippen LogP contribution in [0.2, 0.25) is 0 Å². The topological polar surface area (TPSA) is 54.4 Å². The number of Topliss-reactive ketones (excluding diaryl/α,β-unsaturated/α-hetero) is 2. The number of hydrogen-bond donors (Lipinski definition) is 1. The zero-order valence-electron chi connectivity index (χ0n) is 10.9. The molecule has 2 bridgehead atoms. The normalized spacial score (nSPS) is 57.9. The number of ketones is 2. The minimum absolute atomic E-state index is 0.0185. The van der Waals surface area contributed by atoms with Crippen molar-refractivity contribution in [2.45, 2.75) is 57.5 Å². The molecule has 0 saturated heterocycles. The minimum atomic E-state index is -1.31. The summed E-state index contributed by atoms with van der Waals surface area (Å²) in [4.78, 5) is 25.3. The number of aliphatic hydroxyl groups is 1. The lowest BCUT2D eigenvalue weighted by molar-refractivity contribution is -0.165. The van der Waals surface area contributed by atoms with Gasteiger partial charge in [-0.3, -0.25) is 9.59 Å². The fourth-order valence-electron chi connectivity index (χ4n) is 5.97. The van der Waals surface area contributed by atoms with E-state index in [9.17, 15) is 14.7 Å². The van der Waals surface area contributed by atoms with Crippen molar-refractivity contribution in [3.8, 4) is 0 Å². The van der Waals surface area contributed by atoms with Crippen molar-refractivity contribution in [3.05, 3.63) is 0 Å². The van der Waals surface area contributed by atoms with Gasteiger partial charge in [-0.05, 0) is 43.4 Å². The van der Waals surface area contributed by atoms with Crippen molar-refractivity contribution in [2.24, 2.45) is 22.7 Å². The molecule has 4 aliphatic carbocycles. The number of carbonyl (C=O) groups is 2. The highest BCUT2D eigenvalue weighted by Gasteiger charge is 2.77. The van der Waals surface area contributed by atoms with Gasteiger partial charge in [0.05, 0.1) is 5.92 Å². The lowest BCUT2D eigenvalue weighted by atomic mass is 9.62. The van der Waals surface area contributed by atoms with Crippen molar-refractivity contribution in [2.75, 3.05) is 0 Å². The molecular weight excluding hydrogens is 228 g/mol. The molecule has 0 aromatic heterocycles. The quantitative estimate of drug-likeness (QED) is 0.712. The lowest BCUT2D eigenvalue weighted by Crippen LogP contribution is -2.57. The maximum absolute atomic E-state index is 12.8. The molecule has 0 radical (unpaired) electrons. The number of rotatable bonds is 0. The molecule has 4 rings (SSSR count). The van der Waals surface area contributed by atoms with E-state index < -0.39 is 11.0 Å². The molecule has 4 fully saturated rings. The van der Waals surface area contributed by atoms with Gasteiger partial charge >= 0.3 is 0 Å². The number of fused-ring (bicyclic) bond motifs is 1. The van der Waals surface area contributed by atoms with E-state index in [0.717, 1.165) is 32.1 Å². The van der Waals surface area contributed by atoms with E-state index in [1.807, 2.05) is 0 Å². The zero-order chi connectivity index (χ0) is 12.8. The molecule has 0 heterocycles. The van der Waals surface area contributed by atoms with Crippen molar-refractivity contribution in [1.29, 1.82) is 0 Å². The van der Waals surface area contributed by atoms with Crippen molar-refractivity contribution in [1.82, 2.24) is 0 Å². The van der Waals surface area contributed by atoms with Crippen LogP contribution in [0.1, 0.15) is 51.9 Å². The Hall–Kier alpha value is -0.700. The highest BCUT2D eigenvalue weighted by atomic mass is 16.3. The van der Waals surface area contributed by atoms with Crippen LogP contribution in [-0.4, -0.2) is 22.3 Å². The van der Waals surface area contributed by atoms with Gasteiger partial charge in [-0.1, -0.05) is 13.3 Å². The van der Waals surface area contributed by atoms with Crippen LogP contribution >= 0.6 is 0 Å². The predicted octanol–water partition coefficient (Wildman–Crippen LogP) is 1.87. The van der Waals surface area contributed by atoms with Crippen molar-refractivity contribution >= 4 is 11.6 Å². The predicted molar refractivity (Wildman–Crippen MR) is 64.8 cm³/mol. The Bertz CT molecular complexity index is 470. The van der Waals surface area contributed by atoms with Gasteiger partial charge in [0.1, 0.15) is 11.4 Å². The summed E-state index contributed by atoms with van der Waals surface area (Å²) in [6, 6.07) is 0. The molecule has 5 unspecified atom stereocenters. The van der Waals surface area contributed by atoms with Gasteiger partial charge in [-0.2, -0.15) is 0 Å². The molecule has 0 aromatic carbocycles. The Kier molecular flexibility index (Phi) is 1.79. The molecule has 18 heavy (non-hydrogen) atoms. The Labute approximate surface area is 107 Å². The average Bonchev–Trinajstić information content (AvgIpc) is 2.72. The van der Waals surface area contributed by atoms with E-state index in [-0.39, 0.29) is 28.8 Å². The molecule has 3 heteroatoms. The summed E-state index contributed by atoms with van der Waals surface area (Å²) in [7, 11) is 0. The van der Waals surface area contributed by atoms with Crippen LogP contribution in [-0.2, 0) is 9.59 Å². The van der Waals surface area contributed by atoms with Crippen LogP contribution < -0.4 is 0 Å². The number of carbonyl (C=O) groups excluding carboxylic acids is 2.